The molecule has 11 heavy (non-hydrogen) atoms. The van der Waals surface area contributed by atoms with Crippen molar-refractivity contribution in [1.29, 1.82) is 0 Å². The summed E-state index contributed by atoms with van der Waals surface area (Å²) < 4.78 is 0. The Morgan fingerprint density at radius 3 is 0.909 bits per heavy atom. The Morgan fingerprint density at radius 2 is 0.909 bits per heavy atom. The van der Waals surface area contributed by atoms with Gasteiger partial charge in [-0.05, 0) is 0 Å². The largest absolute Gasteiger partial charge is 0.332 e. The van der Waals surface area contributed by atoms with E-state index in [1.165, 1.54) is 12.8 Å². The summed E-state index contributed by atoms with van der Waals surface area (Å²) in [5, 5.41) is 0. The molecule has 0 aliphatic rings. The minimum Gasteiger partial charge on any atom is -0.332 e. The van der Waals surface area contributed by atoms with Gasteiger partial charge in [0.2, 0.25) is 0 Å². The number of hydrogen-bond acceptors (Lipinski definition) is 0. The summed E-state index contributed by atoms with van der Waals surface area (Å²) in [5.41, 5.74) is 0. The molecule has 66 valence electrons. The fourth-order valence-corrected chi connectivity index (χ4v) is 0. The van der Waals surface area contributed by atoms with Crippen LogP contribution in [0.25, 0.3) is 0 Å². The van der Waals surface area contributed by atoms with Crippen LogP contribution in [0.3, 0.4) is 0 Å². The van der Waals surface area contributed by atoms with Crippen LogP contribution >= 0.6 is 0 Å². The van der Waals surface area contributed by atoms with Crippen LogP contribution in [0, 0.1) is 12.8 Å². The molecule has 2 radical (unpaired) electrons. The molecule has 0 saturated carbocycles. The van der Waals surface area contributed by atoms with Crippen molar-refractivity contribution in [2.24, 2.45) is 0 Å². The van der Waals surface area contributed by atoms with Crippen molar-refractivity contribution in [3.63, 3.8) is 0 Å². The van der Waals surface area contributed by atoms with Gasteiger partial charge in [-0.3, -0.25) is 0 Å². The van der Waals surface area contributed by atoms with Crippen LogP contribution < -0.4 is 0 Å². The average Bonchev–Trinajstić information content (AvgIpc) is 1.88. The molecule has 0 aromatic heterocycles. The standard InChI is InChI=1S/2C4H9.CH4.2Y/c2*1-3-4-2;;;/h2*3H,4H2,1-2H3;1H4;;/q2*-1;;;. The van der Waals surface area contributed by atoms with E-state index in [0.29, 0.717) is 0 Å². The Kier molecular flexibility index (Phi) is 106. The van der Waals surface area contributed by atoms with Crippen LogP contribution in [0.2, 0.25) is 0 Å². The molecule has 0 N–H and O–H groups in total. The molecule has 0 aliphatic heterocycles. The Bertz CT molecular complexity index is 15.5. The fraction of sp³-hybridized carbons (Fsp3) is 0.778. The summed E-state index contributed by atoms with van der Waals surface area (Å²) in [7, 11) is 0. The van der Waals surface area contributed by atoms with Gasteiger partial charge in [0.25, 0.3) is 0 Å². The molecule has 0 spiro atoms. The second-order valence-corrected chi connectivity index (χ2v) is 1.63. The van der Waals surface area contributed by atoms with Gasteiger partial charge in [-0.25, -0.2) is 0 Å². The van der Waals surface area contributed by atoms with Crippen molar-refractivity contribution in [1.82, 2.24) is 0 Å². The third-order valence-electron chi connectivity index (χ3n) is 0.816. The molecule has 0 rings (SSSR count). The van der Waals surface area contributed by atoms with Gasteiger partial charge < -0.3 is 12.8 Å². The molecule has 0 fully saturated rings. The van der Waals surface area contributed by atoms with Gasteiger partial charge in [0.05, 0.1) is 0 Å². The van der Waals surface area contributed by atoms with Crippen LogP contribution in [0.4, 0.5) is 0 Å². The van der Waals surface area contributed by atoms with Gasteiger partial charge in [-0.15, -0.1) is 0 Å². The Balaban J connectivity index is -0.0000000171. The van der Waals surface area contributed by atoms with Gasteiger partial charge >= 0.3 is 0 Å². The molecular weight excluding hydrogens is 286 g/mol. The van der Waals surface area contributed by atoms with E-state index in [4.69, 9.17) is 0 Å². The van der Waals surface area contributed by atoms with Crippen molar-refractivity contribution in [2.75, 3.05) is 0 Å². The van der Waals surface area contributed by atoms with Crippen molar-refractivity contribution in [3.05, 3.63) is 12.8 Å². The Labute approximate surface area is 124 Å². The number of hydrogen-bond donors (Lipinski definition) is 0. The van der Waals surface area contributed by atoms with Gasteiger partial charge in [0.1, 0.15) is 0 Å². The van der Waals surface area contributed by atoms with Gasteiger partial charge in [0, 0.05) is 65.4 Å². The third-order valence-corrected chi connectivity index (χ3v) is 0.816. The van der Waals surface area contributed by atoms with E-state index in [0.717, 1.165) is 0 Å². The van der Waals surface area contributed by atoms with E-state index in [9.17, 15) is 0 Å². The maximum atomic E-state index is 2.12. The molecule has 0 saturated heterocycles. The van der Waals surface area contributed by atoms with E-state index in [-0.39, 0.29) is 72.8 Å². The summed E-state index contributed by atoms with van der Waals surface area (Å²) >= 11 is 0. The topological polar surface area (TPSA) is 0 Å². The van der Waals surface area contributed by atoms with Gasteiger partial charge in [-0.1, -0.05) is 21.3 Å². The molecule has 0 unspecified atom stereocenters. The van der Waals surface area contributed by atoms with Crippen molar-refractivity contribution >= 4 is 0 Å². The average molecular weight is 308 g/mol. The van der Waals surface area contributed by atoms with E-state index < -0.39 is 0 Å². The first kappa shape index (κ1) is 29.2. The predicted octanol–water partition coefficient (Wildman–Crippen LogP) is 3.87. The Hall–Kier alpha value is 2.21. The molecule has 0 aliphatic carbocycles. The summed E-state index contributed by atoms with van der Waals surface area (Å²) in [6, 6.07) is 0. The summed E-state index contributed by atoms with van der Waals surface area (Å²) in [6.07, 6.45) is 6.64. The zero-order chi connectivity index (χ0) is 6.83. The van der Waals surface area contributed by atoms with Gasteiger partial charge in [0.15, 0.2) is 0 Å². The maximum absolute atomic E-state index is 2.12. The van der Waals surface area contributed by atoms with E-state index in [1.54, 1.807) is 0 Å². The van der Waals surface area contributed by atoms with Crippen LogP contribution in [-0.4, -0.2) is 0 Å². The van der Waals surface area contributed by atoms with E-state index in [2.05, 4.69) is 40.5 Å². The monoisotopic (exact) mass is 308 g/mol. The first-order chi connectivity index (χ1) is 3.83. The number of rotatable bonds is 2. The summed E-state index contributed by atoms with van der Waals surface area (Å²) in [6.45, 7) is 8.36. The normalized spacial score (nSPS) is 5.45. The van der Waals surface area contributed by atoms with Gasteiger partial charge in [-0.2, -0.15) is 26.7 Å². The molecule has 2 heteroatoms. The van der Waals surface area contributed by atoms with Crippen molar-refractivity contribution in [2.45, 2.75) is 48.0 Å². The summed E-state index contributed by atoms with van der Waals surface area (Å²) in [5.74, 6) is 0. The van der Waals surface area contributed by atoms with Crippen LogP contribution in [0.1, 0.15) is 48.0 Å². The predicted molar refractivity (Wildman–Crippen MR) is 47.3 cm³/mol. The van der Waals surface area contributed by atoms with E-state index in [1.807, 2.05) is 0 Å². The third kappa shape index (κ3) is 71.8. The molecule has 0 aromatic carbocycles. The number of unbranched alkanes of at least 4 members (excludes halogenated alkanes) is 2. The molecular formula is C9H22Y2-2. The fourth-order valence-electron chi connectivity index (χ4n) is 0. The second-order valence-electron chi connectivity index (χ2n) is 1.63. The van der Waals surface area contributed by atoms with E-state index >= 15 is 0 Å². The van der Waals surface area contributed by atoms with Crippen molar-refractivity contribution in [3.8, 4) is 0 Å². The molecule has 0 atom stereocenters. The smallest absolute Gasteiger partial charge is 0 e. The second kappa shape index (κ2) is 39.8. The molecule has 0 nitrogen and oxygen atoms in total. The Morgan fingerprint density at radius 1 is 0.818 bits per heavy atom. The zero-order valence-corrected chi connectivity index (χ0v) is 13.4. The quantitative estimate of drug-likeness (QED) is 0.679. The zero-order valence-electron chi connectivity index (χ0n) is 7.72. The van der Waals surface area contributed by atoms with Crippen LogP contribution in [0.15, 0.2) is 0 Å². The molecule has 0 amide bonds. The molecule has 0 heterocycles. The minimum atomic E-state index is 0. The van der Waals surface area contributed by atoms with Crippen LogP contribution in [-0.2, 0) is 65.4 Å². The molecule has 0 bridgehead atoms. The first-order valence-electron chi connectivity index (χ1n) is 3.39. The minimum absolute atomic E-state index is 0. The molecule has 0 aromatic rings. The van der Waals surface area contributed by atoms with Crippen LogP contribution in [0.5, 0.6) is 0 Å². The summed E-state index contributed by atoms with van der Waals surface area (Å²) in [4.78, 5) is 0. The van der Waals surface area contributed by atoms with Crippen molar-refractivity contribution < 1.29 is 65.4 Å². The maximum Gasteiger partial charge on any atom is 0 e. The first-order valence-corrected chi connectivity index (χ1v) is 3.39. The SMILES string of the molecule is C.C[CH-]CC.C[CH-]CC.[Y].[Y].